The van der Waals surface area contributed by atoms with Crippen LogP contribution >= 0.6 is 0 Å². The normalized spacial score (nSPS) is 11.6. The first-order valence-electron chi connectivity index (χ1n) is 11.9. The zero-order chi connectivity index (χ0) is 24.2. The summed E-state index contributed by atoms with van der Waals surface area (Å²) in [5.74, 6) is 0. The Morgan fingerprint density at radius 3 is 1.14 bits per heavy atom. The van der Waals surface area contributed by atoms with E-state index < -0.39 is 0 Å². The lowest BCUT2D eigenvalue weighted by Gasteiger charge is -2.19. The Kier molecular flexibility index (Phi) is 4.42. The van der Waals surface area contributed by atoms with E-state index in [0.29, 0.717) is 32.6 Å². The summed E-state index contributed by atoms with van der Waals surface area (Å²) < 4.78 is 4.15. The Bertz CT molecular complexity index is 1920. The molecule has 0 amide bonds. The van der Waals surface area contributed by atoms with Crippen molar-refractivity contribution in [1.29, 1.82) is 0 Å². The Hall–Kier alpha value is -4.96. The molecule has 4 nitrogen and oxygen atoms in total. The number of pyridine rings is 2. The van der Waals surface area contributed by atoms with Crippen LogP contribution in [0.25, 0.3) is 55.0 Å². The maximum atomic E-state index is 13.8. The predicted octanol–water partition coefficient (Wildman–Crippen LogP) is 6.60. The Morgan fingerprint density at radius 2 is 0.722 bits per heavy atom. The molecule has 7 rings (SSSR count). The van der Waals surface area contributed by atoms with Crippen LogP contribution in [-0.2, 0) is 0 Å². The lowest BCUT2D eigenvalue weighted by molar-refractivity contribution is 1.15. The van der Waals surface area contributed by atoms with Gasteiger partial charge >= 0.3 is 0 Å². The van der Waals surface area contributed by atoms with Crippen LogP contribution in [0.3, 0.4) is 0 Å². The average molecular weight is 465 g/mol. The molecule has 0 fully saturated rings. The smallest absolute Gasteiger partial charge is 0.197 e. The maximum Gasteiger partial charge on any atom is 0.197 e. The maximum absolute atomic E-state index is 13.8. The molecule has 0 radical (unpaired) electrons. The van der Waals surface area contributed by atoms with Crippen molar-refractivity contribution in [2.24, 2.45) is 0 Å². The van der Waals surface area contributed by atoms with E-state index in [1.165, 1.54) is 0 Å². The summed E-state index contributed by atoms with van der Waals surface area (Å²) in [4.78, 5) is 27.6. The van der Waals surface area contributed by atoms with Gasteiger partial charge in [0.15, 0.2) is 10.9 Å². The first-order valence-corrected chi connectivity index (χ1v) is 11.9. The van der Waals surface area contributed by atoms with Crippen LogP contribution in [-0.4, -0.2) is 9.13 Å². The minimum absolute atomic E-state index is 0.0464. The number of hydrogen-bond donors (Lipinski definition) is 0. The van der Waals surface area contributed by atoms with Crippen molar-refractivity contribution in [2.75, 3.05) is 0 Å². The number of benzene rings is 5. The lowest BCUT2D eigenvalue weighted by Crippen LogP contribution is -2.14. The molecule has 2 aromatic heterocycles. The topological polar surface area (TPSA) is 44.0 Å². The molecule has 170 valence electrons. The van der Waals surface area contributed by atoms with E-state index in [0.717, 1.165) is 22.4 Å². The fraction of sp³-hybridized carbons (Fsp3) is 0. The summed E-state index contributed by atoms with van der Waals surface area (Å²) >= 11 is 0. The summed E-state index contributed by atoms with van der Waals surface area (Å²) in [6.07, 6.45) is 0. The van der Waals surface area contributed by atoms with E-state index in [4.69, 9.17) is 0 Å². The van der Waals surface area contributed by atoms with Crippen molar-refractivity contribution in [3.63, 3.8) is 0 Å². The molecule has 0 saturated heterocycles. The molecule has 0 aliphatic rings. The van der Waals surface area contributed by atoms with Crippen LogP contribution in [0.15, 0.2) is 131 Å². The van der Waals surface area contributed by atoms with Crippen LogP contribution in [0.4, 0.5) is 0 Å². The summed E-state index contributed by atoms with van der Waals surface area (Å²) in [6.45, 7) is 0. The number of aromatic nitrogens is 2. The minimum atomic E-state index is -0.0464. The van der Waals surface area contributed by atoms with Gasteiger partial charge in [0.05, 0.1) is 22.1 Å². The number of rotatable bonds is 2. The molecule has 0 spiro atoms. The highest BCUT2D eigenvalue weighted by Crippen LogP contribution is 2.30. The van der Waals surface area contributed by atoms with Gasteiger partial charge in [0, 0.05) is 32.9 Å². The number of nitrogens with zero attached hydrogens (tertiary/aromatic N) is 2. The van der Waals surface area contributed by atoms with Crippen LogP contribution < -0.4 is 10.9 Å². The van der Waals surface area contributed by atoms with Gasteiger partial charge in [0.25, 0.3) is 0 Å². The fourth-order valence-corrected chi connectivity index (χ4v) is 5.29. The van der Waals surface area contributed by atoms with Crippen molar-refractivity contribution in [1.82, 2.24) is 9.13 Å². The minimum Gasteiger partial charge on any atom is -0.309 e. The summed E-state index contributed by atoms with van der Waals surface area (Å²) in [5.41, 5.74) is 4.82. The van der Waals surface area contributed by atoms with E-state index in [1.54, 1.807) is 0 Å². The van der Waals surface area contributed by atoms with Gasteiger partial charge in [-0.05, 0) is 60.7 Å². The van der Waals surface area contributed by atoms with E-state index in [2.05, 4.69) is 9.13 Å². The summed E-state index contributed by atoms with van der Waals surface area (Å²) in [7, 11) is 0. The van der Waals surface area contributed by atoms with E-state index >= 15 is 0 Å². The SMILES string of the molecule is O=c1c2ccccc2n(-c2ccccc2)c2cc3c(=O)c4ccccc4n(-c4ccccc4)c3cc12. The zero-order valence-corrected chi connectivity index (χ0v) is 19.3. The second-order valence-electron chi connectivity index (χ2n) is 8.92. The Balaban J connectivity index is 1.77. The first-order chi connectivity index (χ1) is 17.7. The molecule has 2 heterocycles. The van der Waals surface area contributed by atoms with Gasteiger partial charge in [0.1, 0.15) is 0 Å². The van der Waals surface area contributed by atoms with E-state index in [9.17, 15) is 9.59 Å². The summed E-state index contributed by atoms with van der Waals surface area (Å²) in [6, 6.07) is 39.0. The van der Waals surface area contributed by atoms with Crippen LogP contribution in [0.2, 0.25) is 0 Å². The van der Waals surface area contributed by atoms with Crippen LogP contribution in [0, 0.1) is 0 Å². The number of para-hydroxylation sites is 4. The predicted molar refractivity (Wildman–Crippen MR) is 148 cm³/mol. The third-order valence-corrected chi connectivity index (χ3v) is 6.89. The molecule has 0 atom stereocenters. The van der Waals surface area contributed by atoms with Crippen LogP contribution in [0.1, 0.15) is 0 Å². The molecule has 0 saturated carbocycles. The standard InChI is InChI=1S/C32H20N2O2/c35-31-23-15-7-9-17-27(23)33(21-11-3-1-4-12-21)29-19-26-30(20-25(29)31)34(22-13-5-2-6-14-22)28-18-10-8-16-24(28)32(26)36/h1-20H. The highest BCUT2D eigenvalue weighted by atomic mass is 16.1. The number of hydrogen-bond acceptors (Lipinski definition) is 2. The third-order valence-electron chi connectivity index (χ3n) is 6.89. The molecular formula is C32H20N2O2. The van der Waals surface area contributed by atoms with Gasteiger partial charge in [-0.3, -0.25) is 9.59 Å². The molecule has 0 unspecified atom stereocenters. The average Bonchev–Trinajstić information content (AvgIpc) is 2.94. The molecule has 0 aliphatic heterocycles. The van der Waals surface area contributed by atoms with Crippen LogP contribution in [0.5, 0.6) is 0 Å². The molecule has 0 bridgehead atoms. The largest absolute Gasteiger partial charge is 0.309 e. The van der Waals surface area contributed by atoms with Crippen molar-refractivity contribution < 1.29 is 0 Å². The van der Waals surface area contributed by atoms with Gasteiger partial charge in [-0.2, -0.15) is 0 Å². The molecule has 5 aromatic carbocycles. The highest BCUT2D eigenvalue weighted by molar-refractivity contribution is 6.05. The van der Waals surface area contributed by atoms with Crippen molar-refractivity contribution in [3.8, 4) is 11.4 Å². The van der Waals surface area contributed by atoms with E-state index in [1.807, 2.05) is 121 Å². The van der Waals surface area contributed by atoms with Gasteiger partial charge in [-0.25, -0.2) is 0 Å². The molecule has 0 aliphatic carbocycles. The second kappa shape index (κ2) is 7.79. The summed E-state index contributed by atoms with van der Waals surface area (Å²) in [5, 5.41) is 2.43. The van der Waals surface area contributed by atoms with Gasteiger partial charge < -0.3 is 9.13 Å². The van der Waals surface area contributed by atoms with Crippen molar-refractivity contribution in [3.05, 3.63) is 142 Å². The van der Waals surface area contributed by atoms with Gasteiger partial charge in [-0.1, -0.05) is 60.7 Å². The molecular weight excluding hydrogens is 444 g/mol. The molecule has 36 heavy (non-hydrogen) atoms. The zero-order valence-electron chi connectivity index (χ0n) is 19.3. The Labute approximate surface area is 205 Å². The number of fused-ring (bicyclic) bond motifs is 4. The highest BCUT2D eigenvalue weighted by Gasteiger charge is 2.18. The quantitative estimate of drug-likeness (QED) is 0.271. The fourth-order valence-electron chi connectivity index (χ4n) is 5.29. The third kappa shape index (κ3) is 2.88. The first kappa shape index (κ1) is 20.4. The van der Waals surface area contributed by atoms with Gasteiger partial charge in [0.2, 0.25) is 0 Å². The lowest BCUT2D eigenvalue weighted by atomic mass is 10.0. The molecule has 7 aromatic rings. The molecule has 0 N–H and O–H groups in total. The van der Waals surface area contributed by atoms with Gasteiger partial charge in [-0.15, -0.1) is 0 Å². The van der Waals surface area contributed by atoms with Crippen molar-refractivity contribution in [2.45, 2.75) is 0 Å². The second-order valence-corrected chi connectivity index (χ2v) is 8.92. The monoisotopic (exact) mass is 464 g/mol. The molecule has 4 heteroatoms. The van der Waals surface area contributed by atoms with E-state index in [-0.39, 0.29) is 10.9 Å². The Morgan fingerprint density at radius 1 is 0.361 bits per heavy atom. The van der Waals surface area contributed by atoms with Crippen molar-refractivity contribution >= 4 is 43.6 Å².